The molecule has 0 fully saturated rings. The maximum Gasteiger partial charge on any atom is 0.335 e. The smallest absolute Gasteiger partial charge is 0.335 e. The second-order valence-corrected chi connectivity index (χ2v) is 6.56. The monoisotopic (exact) mass is 423 g/mol. The van der Waals surface area contributed by atoms with Crippen LogP contribution >= 0.6 is 0 Å². The topological polar surface area (TPSA) is 137 Å². The van der Waals surface area contributed by atoms with E-state index in [1.165, 1.54) is 0 Å². The number of carboxylic acid groups (broad SMARTS) is 2. The molecule has 3 aromatic rings. The van der Waals surface area contributed by atoms with E-state index < -0.39 is 11.9 Å². The van der Waals surface area contributed by atoms with Gasteiger partial charge in [-0.15, -0.1) is 0 Å². The number of hydrogen-bond donors (Lipinski definition) is 2. The van der Waals surface area contributed by atoms with Crippen molar-refractivity contribution < 1.29 is 34.8 Å². The Labute approximate surface area is 191 Å². The Morgan fingerprint density at radius 3 is 1.53 bits per heavy atom. The summed E-state index contributed by atoms with van der Waals surface area (Å²) >= 11 is 0.909. The van der Waals surface area contributed by atoms with Gasteiger partial charge in [0.05, 0.1) is 11.1 Å². The minimum Gasteiger partial charge on any atom is -0.478 e. The van der Waals surface area contributed by atoms with Gasteiger partial charge in [-0.2, -0.15) is 0 Å². The molecular formula is C21H22NNaO7. The molecule has 154 valence electrons. The third kappa shape index (κ3) is 10.6. The van der Waals surface area contributed by atoms with Gasteiger partial charge in [-0.1, -0.05) is 36.4 Å². The molecule has 2 aromatic carbocycles. The van der Waals surface area contributed by atoms with E-state index in [0.717, 1.165) is 36.6 Å². The Morgan fingerprint density at radius 1 is 0.800 bits per heavy atom. The summed E-state index contributed by atoms with van der Waals surface area (Å²) in [6.07, 6.45) is 0. The number of carboxylic acids is 2. The molecule has 0 amide bonds. The fourth-order valence-electron chi connectivity index (χ4n) is 1.99. The first-order valence-corrected chi connectivity index (χ1v) is 9.50. The second-order valence-electron chi connectivity index (χ2n) is 5.53. The van der Waals surface area contributed by atoms with Crippen LogP contribution in [0, 0.1) is 0 Å². The summed E-state index contributed by atoms with van der Waals surface area (Å²) in [5.41, 5.74) is 0.662. The van der Waals surface area contributed by atoms with Crippen LogP contribution in [0.3, 0.4) is 0 Å². The van der Waals surface area contributed by atoms with Gasteiger partial charge in [-0.3, -0.25) is 0 Å². The summed E-state index contributed by atoms with van der Waals surface area (Å²) in [7, 11) is 3.23. The van der Waals surface area contributed by atoms with Crippen LogP contribution in [0.4, 0.5) is 0 Å². The first-order valence-electron chi connectivity index (χ1n) is 8.50. The van der Waals surface area contributed by atoms with Crippen molar-refractivity contribution in [3.05, 3.63) is 83.9 Å². The molecule has 0 aliphatic heterocycles. The van der Waals surface area contributed by atoms with Crippen LogP contribution in [-0.4, -0.2) is 74.8 Å². The molecule has 0 aliphatic carbocycles. The number of carbonyl (C=O) groups is 2. The van der Waals surface area contributed by atoms with Crippen LogP contribution < -0.4 is 12.4 Å². The van der Waals surface area contributed by atoms with Gasteiger partial charge in [-0.25, -0.2) is 9.59 Å². The molecule has 1 heterocycles. The number of ether oxygens (including phenoxy) is 2. The minimum atomic E-state index is -0.879. The maximum atomic E-state index is 10.2. The fourth-order valence-corrected chi connectivity index (χ4v) is 2.50. The van der Waals surface area contributed by atoms with Crippen molar-refractivity contribution in [2.24, 2.45) is 0 Å². The predicted molar refractivity (Wildman–Crippen MR) is 113 cm³/mol. The molecule has 0 saturated carbocycles. The van der Waals surface area contributed by atoms with Crippen LogP contribution in [0.15, 0.2) is 72.8 Å². The number of aromatic nitrogens is 1. The molecule has 0 bridgehead atoms. The van der Waals surface area contributed by atoms with E-state index in [0.29, 0.717) is 17.0 Å². The number of hydrogen-bond acceptors (Lipinski definition) is 5. The Hall–Kier alpha value is -2.91. The molecule has 9 heteroatoms. The number of pyridine rings is 1. The molecule has 30 heavy (non-hydrogen) atoms. The summed E-state index contributed by atoms with van der Waals surface area (Å²) in [5, 5.41) is 16.8. The van der Waals surface area contributed by atoms with Crippen LogP contribution in [-0.2, 0) is 0 Å². The van der Waals surface area contributed by atoms with E-state index in [4.69, 9.17) is 19.7 Å². The van der Waals surface area contributed by atoms with Gasteiger partial charge >= 0.3 is 95.3 Å². The van der Waals surface area contributed by atoms with E-state index >= 15 is 0 Å². The predicted octanol–water partition coefficient (Wildman–Crippen LogP) is 1.84. The minimum absolute atomic E-state index is 0. The van der Waals surface area contributed by atoms with Crippen molar-refractivity contribution in [3.8, 4) is 11.6 Å². The van der Waals surface area contributed by atoms with Crippen molar-refractivity contribution >= 4 is 42.8 Å². The summed E-state index contributed by atoms with van der Waals surface area (Å²) in [6, 6.07) is 20.3. The van der Waals surface area contributed by atoms with Crippen molar-refractivity contribution in [3.63, 3.8) is 0 Å². The SMILES string of the molecule is COc1c[c]([Na])nc(OC)c1.O.O=C(O)c1ccccc1.O=C(O)c1ccccc1. The van der Waals surface area contributed by atoms with Crippen LogP contribution in [0.1, 0.15) is 20.7 Å². The van der Waals surface area contributed by atoms with E-state index in [1.807, 2.05) is 6.07 Å². The van der Waals surface area contributed by atoms with E-state index in [1.54, 1.807) is 80.9 Å². The average molecular weight is 423 g/mol. The van der Waals surface area contributed by atoms with Crippen LogP contribution in [0.25, 0.3) is 0 Å². The van der Waals surface area contributed by atoms with Gasteiger partial charge in [0.2, 0.25) is 0 Å². The van der Waals surface area contributed by atoms with E-state index in [2.05, 4.69) is 4.98 Å². The van der Waals surface area contributed by atoms with Gasteiger partial charge in [0.1, 0.15) is 0 Å². The average Bonchev–Trinajstić information content (AvgIpc) is 2.75. The van der Waals surface area contributed by atoms with E-state index in [-0.39, 0.29) is 5.48 Å². The third-order valence-electron chi connectivity index (χ3n) is 3.39. The maximum absolute atomic E-state index is 10.2. The molecule has 3 rings (SSSR count). The molecule has 0 unspecified atom stereocenters. The Morgan fingerprint density at radius 2 is 1.23 bits per heavy atom. The van der Waals surface area contributed by atoms with Gasteiger partial charge in [0.25, 0.3) is 0 Å². The largest absolute Gasteiger partial charge is 0.478 e. The molecule has 0 spiro atoms. The van der Waals surface area contributed by atoms with Gasteiger partial charge in [0.15, 0.2) is 0 Å². The zero-order chi connectivity index (χ0) is 21.6. The fraction of sp³-hybridized carbons (Fsp3) is 0.0952. The van der Waals surface area contributed by atoms with Crippen molar-refractivity contribution in [2.45, 2.75) is 0 Å². The molecule has 0 atom stereocenters. The molecule has 0 saturated heterocycles. The third-order valence-corrected chi connectivity index (χ3v) is 3.90. The molecule has 1 aromatic heterocycles. The van der Waals surface area contributed by atoms with E-state index in [9.17, 15) is 9.59 Å². The Balaban J connectivity index is 0.000000416. The standard InChI is InChI=1S/C7H8NO2.2C7H6O2.Na.H2O/c1-9-6-3-4-8-7(5-6)10-2;2*8-7(9)6-4-2-1-3-5-6;;/h3,5H,1-2H3;2*1-5H,(H,8,9);;1H2. The molecule has 0 radical (unpaired) electrons. The summed E-state index contributed by atoms with van der Waals surface area (Å²) in [6.45, 7) is 0. The first-order chi connectivity index (χ1) is 13.9. The number of aromatic carboxylic acids is 2. The van der Waals surface area contributed by atoms with Crippen LogP contribution in [0.5, 0.6) is 11.6 Å². The molecular weight excluding hydrogens is 401 g/mol. The number of benzene rings is 2. The summed E-state index contributed by atoms with van der Waals surface area (Å²) < 4.78 is 11.0. The molecule has 4 N–H and O–H groups in total. The molecule has 8 nitrogen and oxygen atoms in total. The number of methoxy groups -OCH3 is 2. The number of rotatable bonds is 4. The zero-order valence-corrected chi connectivity index (χ0v) is 18.9. The van der Waals surface area contributed by atoms with Gasteiger partial charge in [0, 0.05) is 0 Å². The number of nitrogens with zero attached hydrogens (tertiary/aromatic N) is 1. The second kappa shape index (κ2) is 15.0. The van der Waals surface area contributed by atoms with Crippen molar-refractivity contribution in [1.29, 1.82) is 0 Å². The molecule has 0 aliphatic rings. The van der Waals surface area contributed by atoms with Gasteiger partial charge in [-0.05, 0) is 24.3 Å². The van der Waals surface area contributed by atoms with Crippen molar-refractivity contribution in [2.75, 3.05) is 14.2 Å². The normalized spacial score (nSPS) is 8.80. The van der Waals surface area contributed by atoms with Gasteiger partial charge < -0.3 is 15.7 Å². The summed E-state index contributed by atoms with van der Waals surface area (Å²) in [5.74, 6) is -0.331. The Bertz CT molecular complexity index is 834. The van der Waals surface area contributed by atoms with Crippen LogP contribution in [0.2, 0.25) is 0 Å². The Kier molecular flexibility index (Phi) is 13.5. The first kappa shape index (κ1) is 27.1. The zero-order valence-electron chi connectivity index (χ0n) is 16.9. The summed E-state index contributed by atoms with van der Waals surface area (Å²) in [4.78, 5) is 24.6. The quantitative estimate of drug-likeness (QED) is 0.611. The van der Waals surface area contributed by atoms with Crippen molar-refractivity contribution in [1.82, 2.24) is 4.98 Å².